The van der Waals surface area contributed by atoms with E-state index < -0.39 is 15.9 Å². The summed E-state index contributed by atoms with van der Waals surface area (Å²) in [6, 6.07) is 17.1. The minimum atomic E-state index is -3.61. The minimum absolute atomic E-state index is 0.153. The number of fused-ring (bicyclic) bond motifs is 2. The van der Waals surface area contributed by atoms with E-state index in [1.807, 2.05) is 6.92 Å². The monoisotopic (exact) mass is 488 g/mol. The predicted molar refractivity (Wildman–Crippen MR) is 131 cm³/mol. The quantitative estimate of drug-likeness (QED) is 0.465. The van der Waals surface area contributed by atoms with E-state index in [-0.39, 0.29) is 27.6 Å². The smallest absolute Gasteiger partial charge is 0.255 e. The van der Waals surface area contributed by atoms with Crippen LogP contribution in [0.2, 0.25) is 0 Å². The molecule has 1 atom stereocenters. The lowest BCUT2D eigenvalue weighted by molar-refractivity contribution is 0.0979. The van der Waals surface area contributed by atoms with Gasteiger partial charge < -0.3 is 5.32 Å². The number of rotatable bonds is 4. The van der Waals surface area contributed by atoms with E-state index in [2.05, 4.69) is 5.32 Å². The number of nitrogens with zero attached hydrogens (tertiary/aromatic N) is 1. The van der Waals surface area contributed by atoms with Crippen LogP contribution in [0.25, 0.3) is 0 Å². The van der Waals surface area contributed by atoms with E-state index in [0.717, 1.165) is 12.8 Å². The van der Waals surface area contributed by atoms with Gasteiger partial charge in [0.2, 0.25) is 10.0 Å². The molecule has 1 saturated heterocycles. The molecule has 2 aliphatic rings. The number of piperidine rings is 1. The van der Waals surface area contributed by atoms with Crippen molar-refractivity contribution in [3.63, 3.8) is 0 Å². The van der Waals surface area contributed by atoms with E-state index in [1.165, 1.54) is 40.7 Å². The van der Waals surface area contributed by atoms with Gasteiger partial charge in [-0.2, -0.15) is 4.31 Å². The molecule has 35 heavy (non-hydrogen) atoms. The van der Waals surface area contributed by atoms with Gasteiger partial charge in [0.1, 0.15) is 0 Å². The van der Waals surface area contributed by atoms with Crippen molar-refractivity contribution in [2.45, 2.75) is 24.7 Å². The first-order valence-corrected chi connectivity index (χ1v) is 12.9. The zero-order valence-electron chi connectivity index (χ0n) is 19.2. The zero-order chi connectivity index (χ0) is 24.7. The third kappa shape index (κ3) is 4.19. The molecule has 0 aromatic heterocycles. The normalized spacial score (nSPS) is 18.0. The number of hydrogen-bond acceptors (Lipinski definition) is 5. The Kier molecular flexibility index (Phi) is 5.86. The van der Waals surface area contributed by atoms with E-state index in [4.69, 9.17) is 0 Å². The number of nitrogens with one attached hydrogen (secondary N) is 1. The molecule has 3 aromatic rings. The summed E-state index contributed by atoms with van der Waals surface area (Å²) < 4.78 is 27.4. The molecule has 1 N–H and O–H groups in total. The lowest BCUT2D eigenvalue weighted by atomic mass is 9.84. The van der Waals surface area contributed by atoms with Crippen LogP contribution >= 0.6 is 0 Å². The fourth-order valence-electron chi connectivity index (χ4n) is 4.67. The highest BCUT2D eigenvalue weighted by Gasteiger charge is 2.30. The van der Waals surface area contributed by atoms with Gasteiger partial charge in [-0.05, 0) is 61.2 Å². The van der Waals surface area contributed by atoms with Gasteiger partial charge in [0.15, 0.2) is 11.6 Å². The Morgan fingerprint density at radius 2 is 1.51 bits per heavy atom. The van der Waals surface area contributed by atoms with Crippen LogP contribution in [0.1, 0.15) is 62.0 Å². The van der Waals surface area contributed by atoms with Gasteiger partial charge in [0.25, 0.3) is 5.91 Å². The second-order valence-corrected chi connectivity index (χ2v) is 11.0. The highest BCUT2D eigenvalue weighted by molar-refractivity contribution is 7.89. The topological polar surface area (TPSA) is 101 Å². The average Bonchev–Trinajstić information content (AvgIpc) is 2.87. The Morgan fingerprint density at radius 3 is 2.17 bits per heavy atom. The Balaban J connectivity index is 1.34. The van der Waals surface area contributed by atoms with E-state index >= 15 is 0 Å². The van der Waals surface area contributed by atoms with Crippen molar-refractivity contribution in [2.75, 3.05) is 18.4 Å². The zero-order valence-corrected chi connectivity index (χ0v) is 20.0. The molecule has 5 rings (SSSR count). The van der Waals surface area contributed by atoms with Crippen molar-refractivity contribution in [1.82, 2.24) is 4.31 Å². The Morgan fingerprint density at radius 1 is 0.886 bits per heavy atom. The Hall–Kier alpha value is -3.62. The second kappa shape index (κ2) is 8.87. The molecule has 8 heteroatoms. The SMILES string of the molecule is C[C@@H]1CCCN(S(=O)(=O)c2ccc(C(=O)Nc3ccc4c(c3)C(=O)c3ccccc3C4=O)cc2)C1. The third-order valence-corrected chi connectivity index (χ3v) is 8.44. The van der Waals surface area contributed by atoms with Crippen molar-refractivity contribution >= 4 is 33.2 Å². The summed E-state index contributed by atoms with van der Waals surface area (Å²) in [5, 5.41) is 2.73. The van der Waals surface area contributed by atoms with Crippen LogP contribution in [0, 0.1) is 5.92 Å². The Bertz CT molecular complexity index is 1460. The van der Waals surface area contributed by atoms with Crippen molar-refractivity contribution in [1.29, 1.82) is 0 Å². The molecule has 1 amide bonds. The number of sulfonamides is 1. The lowest BCUT2D eigenvalue weighted by Gasteiger charge is -2.30. The molecule has 0 unspecified atom stereocenters. The summed E-state index contributed by atoms with van der Waals surface area (Å²) >= 11 is 0. The van der Waals surface area contributed by atoms with E-state index in [9.17, 15) is 22.8 Å². The Labute approximate surface area is 203 Å². The summed E-state index contributed by atoms with van der Waals surface area (Å²) in [4.78, 5) is 38.6. The first kappa shape index (κ1) is 23.1. The van der Waals surface area contributed by atoms with Gasteiger partial charge in [0, 0.05) is 46.6 Å². The fourth-order valence-corrected chi connectivity index (χ4v) is 6.27. The highest BCUT2D eigenvalue weighted by Crippen LogP contribution is 2.29. The van der Waals surface area contributed by atoms with E-state index in [0.29, 0.717) is 41.4 Å². The molecular formula is C27H24N2O5S. The number of hydrogen-bond donors (Lipinski definition) is 1. The van der Waals surface area contributed by atoms with Gasteiger partial charge in [-0.25, -0.2) is 8.42 Å². The molecule has 178 valence electrons. The van der Waals surface area contributed by atoms with Crippen LogP contribution in [0.5, 0.6) is 0 Å². The summed E-state index contributed by atoms with van der Waals surface area (Å²) in [5.41, 5.74) is 1.90. The fraction of sp³-hybridized carbons (Fsp3) is 0.222. The maximum atomic E-state index is 13.0. The molecule has 7 nitrogen and oxygen atoms in total. The lowest BCUT2D eigenvalue weighted by Crippen LogP contribution is -2.39. The van der Waals surface area contributed by atoms with Crippen molar-refractivity contribution in [3.05, 3.63) is 94.5 Å². The van der Waals surface area contributed by atoms with Crippen molar-refractivity contribution in [3.8, 4) is 0 Å². The van der Waals surface area contributed by atoms with Crippen LogP contribution in [0.4, 0.5) is 5.69 Å². The predicted octanol–water partition coefficient (Wildman–Crippen LogP) is 4.13. The van der Waals surface area contributed by atoms with Gasteiger partial charge >= 0.3 is 0 Å². The number of carbonyl (C=O) groups is 3. The van der Waals surface area contributed by atoms with Crippen LogP contribution < -0.4 is 5.32 Å². The highest BCUT2D eigenvalue weighted by atomic mass is 32.2. The third-order valence-electron chi connectivity index (χ3n) is 6.56. The van der Waals surface area contributed by atoms with Crippen LogP contribution in [-0.2, 0) is 10.0 Å². The molecule has 1 aliphatic heterocycles. The molecule has 1 heterocycles. The molecule has 0 spiro atoms. The van der Waals surface area contributed by atoms with Gasteiger partial charge in [0.05, 0.1) is 4.90 Å². The summed E-state index contributed by atoms with van der Waals surface area (Å²) in [6.07, 6.45) is 1.85. The second-order valence-electron chi connectivity index (χ2n) is 9.05. The van der Waals surface area contributed by atoms with Crippen LogP contribution in [-0.4, -0.2) is 43.3 Å². The summed E-state index contributed by atoms with van der Waals surface area (Å²) in [7, 11) is -3.61. The van der Waals surface area contributed by atoms with Crippen molar-refractivity contribution < 1.29 is 22.8 Å². The molecule has 0 radical (unpaired) electrons. The van der Waals surface area contributed by atoms with Gasteiger partial charge in [-0.15, -0.1) is 0 Å². The molecule has 3 aromatic carbocycles. The number of benzene rings is 3. The van der Waals surface area contributed by atoms with Crippen LogP contribution in [0.3, 0.4) is 0 Å². The number of anilines is 1. The van der Waals surface area contributed by atoms with Crippen LogP contribution in [0.15, 0.2) is 71.6 Å². The molecule has 0 bridgehead atoms. The molecule has 1 aliphatic carbocycles. The van der Waals surface area contributed by atoms with Gasteiger partial charge in [-0.3, -0.25) is 14.4 Å². The number of carbonyl (C=O) groups excluding carboxylic acids is 3. The van der Waals surface area contributed by atoms with E-state index in [1.54, 1.807) is 30.3 Å². The molecule has 1 fully saturated rings. The summed E-state index contributed by atoms with van der Waals surface area (Å²) in [6.45, 7) is 3.03. The maximum absolute atomic E-state index is 13.0. The summed E-state index contributed by atoms with van der Waals surface area (Å²) in [5.74, 6) is -0.632. The molecular weight excluding hydrogens is 464 g/mol. The average molecular weight is 489 g/mol. The number of amides is 1. The minimum Gasteiger partial charge on any atom is -0.322 e. The largest absolute Gasteiger partial charge is 0.322 e. The standard InChI is InChI=1S/C27H24N2O5S/c1-17-5-4-14-29(16-17)35(33,34)20-11-8-18(9-12-20)27(32)28-19-10-13-23-24(15-19)26(31)22-7-3-2-6-21(22)25(23)30/h2-3,6-13,15,17H,4-5,14,16H2,1H3,(H,28,32)/t17-/m1/s1. The number of ketones is 2. The van der Waals surface area contributed by atoms with Crippen molar-refractivity contribution in [2.24, 2.45) is 5.92 Å². The maximum Gasteiger partial charge on any atom is 0.255 e. The first-order chi connectivity index (χ1) is 16.8. The van der Waals surface area contributed by atoms with Gasteiger partial charge in [-0.1, -0.05) is 31.2 Å². The first-order valence-electron chi connectivity index (χ1n) is 11.5. The molecule has 0 saturated carbocycles.